The summed E-state index contributed by atoms with van der Waals surface area (Å²) in [6.45, 7) is 5.46. The van der Waals surface area contributed by atoms with Crippen molar-refractivity contribution >= 4 is 28.7 Å². The van der Waals surface area contributed by atoms with Crippen LogP contribution in [0.2, 0.25) is 5.15 Å². The van der Waals surface area contributed by atoms with Gasteiger partial charge in [-0.05, 0) is 44.9 Å². The minimum Gasteiger partial charge on any atom is -0.444 e. The zero-order valence-corrected chi connectivity index (χ0v) is 16.3. The predicted octanol–water partition coefficient (Wildman–Crippen LogP) is 5.09. The van der Waals surface area contributed by atoms with Crippen LogP contribution in [0, 0.1) is 0 Å². The van der Waals surface area contributed by atoms with Crippen LogP contribution < -0.4 is 5.32 Å². The van der Waals surface area contributed by atoms with Crippen LogP contribution >= 0.6 is 11.6 Å². The topological polar surface area (TPSA) is 64.1 Å². The Bertz CT molecular complexity index is 939. The molecule has 1 N–H and O–H groups in total. The molecule has 27 heavy (non-hydrogen) atoms. The molecular formula is C21H22ClN3O2. The molecule has 0 fully saturated rings. The van der Waals surface area contributed by atoms with E-state index in [-0.39, 0.29) is 5.15 Å². The minimum atomic E-state index is -0.597. The molecule has 3 rings (SSSR count). The zero-order chi connectivity index (χ0) is 19.4. The molecule has 1 amide bonds. The molecule has 6 heteroatoms. The van der Waals surface area contributed by atoms with Gasteiger partial charge in [-0.25, -0.2) is 14.8 Å². The minimum absolute atomic E-state index is 0.269. The monoisotopic (exact) mass is 383 g/mol. The number of alkyl carbamates (subject to hydrolysis) is 1. The van der Waals surface area contributed by atoms with Crippen molar-refractivity contribution in [3.05, 3.63) is 71.0 Å². The molecule has 0 aliphatic rings. The maximum absolute atomic E-state index is 12.4. The number of hydrogen-bond acceptors (Lipinski definition) is 4. The number of carbonyl (C=O) groups is 1. The van der Waals surface area contributed by atoms with Crippen LogP contribution in [0.5, 0.6) is 0 Å². The molecule has 0 aliphatic carbocycles. The third-order valence-corrected chi connectivity index (χ3v) is 4.13. The van der Waals surface area contributed by atoms with E-state index in [9.17, 15) is 4.79 Å². The molecule has 0 saturated carbocycles. The lowest BCUT2D eigenvalue weighted by Gasteiger charge is -2.24. The van der Waals surface area contributed by atoms with Crippen LogP contribution in [0.25, 0.3) is 11.0 Å². The first-order chi connectivity index (χ1) is 12.8. The summed E-state index contributed by atoms with van der Waals surface area (Å²) < 4.78 is 5.41. The van der Waals surface area contributed by atoms with Crippen LogP contribution in [0.1, 0.15) is 38.1 Å². The largest absolute Gasteiger partial charge is 0.444 e. The standard InChI is InChI=1S/C21H22ClN3O2/c1-21(2,3)27-20(26)25-17(13-14-9-5-4-6-10-14)18-19(22)24-16-12-8-7-11-15(16)23-18/h4-12,17H,13H2,1-3H3,(H,25,26). The van der Waals surface area contributed by atoms with Gasteiger partial charge in [-0.15, -0.1) is 0 Å². The number of aromatic nitrogens is 2. The second-order valence-electron chi connectivity index (χ2n) is 7.28. The van der Waals surface area contributed by atoms with Gasteiger partial charge in [0.25, 0.3) is 0 Å². The van der Waals surface area contributed by atoms with E-state index in [1.807, 2.05) is 75.4 Å². The number of amides is 1. The van der Waals surface area contributed by atoms with E-state index in [0.717, 1.165) is 11.1 Å². The first-order valence-corrected chi connectivity index (χ1v) is 9.15. The van der Waals surface area contributed by atoms with Gasteiger partial charge < -0.3 is 10.1 Å². The number of nitrogens with zero attached hydrogens (tertiary/aromatic N) is 2. The summed E-state index contributed by atoms with van der Waals surface area (Å²) in [6.07, 6.45) is 0.00164. The van der Waals surface area contributed by atoms with E-state index >= 15 is 0 Å². The van der Waals surface area contributed by atoms with Crippen molar-refractivity contribution in [1.29, 1.82) is 0 Å². The number of nitrogens with one attached hydrogen (secondary N) is 1. The lowest BCUT2D eigenvalue weighted by atomic mass is 10.0. The molecule has 140 valence electrons. The SMILES string of the molecule is CC(C)(C)OC(=O)NC(Cc1ccccc1)c1nc2ccccc2nc1Cl. The molecule has 0 saturated heterocycles. The zero-order valence-electron chi connectivity index (χ0n) is 15.6. The second-order valence-corrected chi connectivity index (χ2v) is 7.63. The molecule has 0 aliphatic heterocycles. The van der Waals surface area contributed by atoms with Crippen LogP contribution in [0.3, 0.4) is 0 Å². The third kappa shape index (κ3) is 5.17. The molecule has 1 aromatic heterocycles. The average molecular weight is 384 g/mol. The average Bonchev–Trinajstić information content (AvgIpc) is 2.60. The van der Waals surface area contributed by atoms with Crippen LogP contribution in [0.4, 0.5) is 4.79 Å². The van der Waals surface area contributed by atoms with Crippen LogP contribution in [-0.2, 0) is 11.2 Å². The van der Waals surface area contributed by atoms with E-state index in [2.05, 4.69) is 15.3 Å². The highest BCUT2D eigenvalue weighted by Gasteiger charge is 2.24. The van der Waals surface area contributed by atoms with Crippen molar-refractivity contribution in [3.8, 4) is 0 Å². The van der Waals surface area contributed by atoms with Gasteiger partial charge in [-0.3, -0.25) is 0 Å². The molecule has 1 atom stereocenters. The number of carbonyl (C=O) groups excluding carboxylic acids is 1. The Morgan fingerprint density at radius 1 is 1.04 bits per heavy atom. The van der Waals surface area contributed by atoms with Gasteiger partial charge in [0.1, 0.15) is 11.3 Å². The highest BCUT2D eigenvalue weighted by atomic mass is 35.5. The van der Waals surface area contributed by atoms with Gasteiger partial charge in [-0.2, -0.15) is 0 Å². The van der Waals surface area contributed by atoms with Crippen molar-refractivity contribution in [2.45, 2.75) is 38.8 Å². The van der Waals surface area contributed by atoms with Crippen LogP contribution in [-0.4, -0.2) is 21.7 Å². The van der Waals surface area contributed by atoms with E-state index in [4.69, 9.17) is 16.3 Å². The Kier molecular flexibility index (Phi) is 5.61. The highest BCUT2D eigenvalue weighted by Crippen LogP contribution is 2.26. The third-order valence-electron chi connectivity index (χ3n) is 3.86. The molecule has 1 unspecified atom stereocenters. The Balaban J connectivity index is 1.95. The summed E-state index contributed by atoms with van der Waals surface area (Å²) in [5.74, 6) is 0. The predicted molar refractivity (Wildman–Crippen MR) is 107 cm³/mol. The molecule has 2 aromatic carbocycles. The fourth-order valence-corrected chi connectivity index (χ4v) is 2.99. The highest BCUT2D eigenvalue weighted by molar-refractivity contribution is 6.30. The van der Waals surface area contributed by atoms with Gasteiger partial charge in [0.05, 0.1) is 17.1 Å². The summed E-state index contributed by atoms with van der Waals surface area (Å²) in [4.78, 5) is 21.5. The number of halogens is 1. The Hall–Kier alpha value is -2.66. The number of hydrogen-bond donors (Lipinski definition) is 1. The van der Waals surface area contributed by atoms with E-state index in [1.54, 1.807) is 0 Å². The molecule has 1 heterocycles. The van der Waals surface area contributed by atoms with Crippen molar-refractivity contribution < 1.29 is 9.53 Å². The summed E-state index contributed by atoms with van der Waals surface area (Å²) in [7, 11) is 0. The Labute approximate surface area is 163 Å². The fourth-order valence-electron chi connectivity index (χ4n) is 2.73. The maximum Gasteiger partial charge on any atom is 0.408 e. The quantitative estimate of drug-likeness (QED) is 0.681. The van der Waals surface area contributed by atoms with E-state index in [1.165, 1.54) is 0 Å². The first kappa shape index (κ1) is 19.1. The maximum atomic E-state index is 12.4. The number of para-hydroxylation sites is 2. The lowest BCUT2D eigenvalue weighted by Crippen LogP contribution is -2.36. The summed E-state index contributed by atoms with van der Waals surface area (Å²) in [6, 6.07) is 16.9. The number of benzene rings is 2. The van der Waals surface area contributed by atoms with Gasteiger partial charge in [-0.1, -0.05) is 54.1 Å². The molecule has 5 nitrogen and oxygen atoms in total. The van der Waals surface area contributed by atoms with Crippen molar-refractivity contribution in [1.82, 2.24) is 15.3 Å². The summed E-state index contributed by atoms with van der Waals surface area (Å²) in [5.41, 5.74) is 2.40. The normalized spacial score (nSPS) is 12.6. The van der Waals surface area contributed by atoms with E-state index < -0.39 is 17.7 Å². The second kappa shape index (κ2) is 7.92. The van der Waals surface area contributed by atoms with Gasteiger partial charge >= 0.3 is 6.09 Å². The van der Waals surface area contributed by atoms with Gasteiger partial charge in [0.15, 0.2) is 5.15 Å². The molecular weight excluding hydrogens is 362 g/mol. The molecule has 0 bridgehead atoms. The van der Waals surface area contributed by atoms with Crippen molar-refractivity contribution in [3.63, 3.8) is 0 Å². The number of rotatable bonds is 4. The Morgan fingerprint density at radius 3 is 2.26 bits per heavy atom. The number of fused-ring (bicyclic) bond motifs is 1. The number of ether oxygens (including phenoxy) is 1. The summed E-state index contributed by atoms with van der Waals surface area (Å²) in [5, 5.41) is 3.16. The summed E-state index contributed by atoms with van der Waals surface area (Å²) >= 11 is 6.42. The van der Waals surface area contributed by atoms with Crippen LogP contribution in [0.15, 0.2) is 54.6 Å². The molecule has 3 aromatic rings. The smallest absolute Gasteiger partial charge is 0.408 e. The van der Waals surface area contributed by atoms with Crippen molar-refractivity contribution in [2.24, 2.45) is 0 Å². The molecule has 0 radical (unpaired) electrons. The first-order valence-electron chi connectivity index (χ1n) is 8.77. The van der Waals surface area contributed by atoms with E-state index in [0.29, 0.717) is 17.6 Å². The Morgan fingerprint density at radius 2 is 1.63 bits per heavy atom. The fraction of sp³-hybridized carbons (Fsp3) is 0.286. The lowest BCUT2D eigenvalue weighted by molar-refractivity contribution is 0.0502. The van der Waals surface area contributed by atoms with Gasteiger partial charge in [0.2, 0.25) is 0 Å². The van der Waals surface area contributed by atoms with Crippen molar-refractivity contribution in [2.75, 3.05) is 0 Å². The molecule has 0 spiro atoms. The van der Waals surface area contributed by atoms with Gasteiger partial charge in [0, 0.05) is 0 Å².